The number of anilines is 1. The first kappa shape index (κ1) is 14.4. The lowest BCUT2D eigenvalue weighted by Crippen LogP contribution is -2.34. The van der Waals surface area contributed by atoms with Crippen LogP contribution in [0.5, 0.6) is 0 Å². The number of pyridine rings is 1. The zero-order valence-electron chi connectivity index (χ0n) is 11.2. The Morgan fingerprint density at radius 2 is 2.22 bits per heavy atom. The lowest BCUT2D eigenvalue weighted by Gasteiger charge is -2.18. The van der Waals surface area contributed by atoms with E-state index in [1.807, 2.05) is 6.92 Å². The fraction of sp³-hybridized carbons (Fsp3) is 0.538. The molecule has 1 rings (SSSR count). The normalized spacial score (nSPS) is 13.8. The molecule has 5 heteroatoms. The molecule has 5 nitrogen and oxygen atoms in total. The zero-order valence-corrected chi connectivity index (χ0v) is 11.2. The van der Waals surface area contributed by atoms with Crippen molar-refractivity contribution in [2.24, 2.45) is 11.8 Å². The van der Waals surface area contributed by atoms with Gasteiger partial charge in [-0.05, 0) is 31.4 Å². The van der Waals surface area contributed by atoms with Crippen molar-refractivity contribution in [3.05, 3.63) is 23.9 Å². The van der Waals surface area contributed by atoms with Crippen LogP contribution in [-0.2, 0) is 0 Å². The molecule has 0 saturated carbocycles. The van der Waals surface area contributed by atoms with E-state index in [0.29, 0.717) is 17.3 Å². The van der Waals surface area contributed by atoms with Gasteiger partial charge in [0.2, 0.25) is 0 Å². The van der Waals surface area contributed by atoms with Crippen molar-refractivity contribution < 1.29 is 4.79 Å². The number of nitrogens with two attached hydrogens (primary N) is 1. The minimum absolute atomic E-state index is 0.137. The molecule has 1 amide bonds. The number of amides is 1. The number of carbonyl (C=O) groups is 1. The molecule has 100 valence electrons. The summed E-state index contributed by atoms with van der Waals surface area (Å²) in [6.07, 6.45) is 3.67. The summed E-state index contributed by atoms with van der Waals surface area (Å²) in [7, 11) is 0. The molecular weight excluding hydrogens is 228 g/mol. The third-order valence-corrected chi connectivity index (χ3v) is 3.02. The van der Waals surface area contributed by atoms with Crippen molar-refractivity contribution in [2.45, 2.75) is 39.7 Å². The molecule has 0 spiro atoms. The van der Waals surface area contributed by atoms with Crippen LogP contribution in [0.1, 0.15) is 44.0 Å². The van der Waals surface area contributed by atoms with Gasteiger partial charge in [-0.1, -0.05) is 20.3 Å². The smallest absolute Gasteiger partial charge is 0.255 e. The number of aromatic nitrogens is 1. The molecule has 1 aromatic heterocycles. The Kier molecular flexibility index (Phi) is 5.58. The monoisotopic (exact) mass is 250 g/mol. The number of nitrogens with one attached hydrogen (secondary N) is 2. The van der Waals surface area contributed by atoms with Gasteiger partial charge >= 0.3 is 0 Å². The van der Waals surface area contributed by atoms with Gasteiger partial charge in [0.15, 0.2) is 5.82 Å². The summed E-state index contributed by atoms with van der Waals surface area (Å²) in [6.45, 7) is 6.34. The number of nitrogen functional groups attached to an aromatic ring is 1. The Hall–Kier alpha value is -1.62. The van der Waals surface area contributed by atoms with E-state index in [-0.39, 0.29) is 11.9 Å². The predicted molar refractivity (Wildman–Crippen MR) is 73.0 cm³/mol. The maximum Gasteiger partial charge on any atom is 0.255 e. The van der Waals surface area contributed by atoms with Crippen molar-refractivity contribution in [3.63, 3.8) is 0 Å². The van der Waals surface area contributed by atoms with E-state index in [4.69, 9.17) is 5.84 Å². The van der Waals surface area contributed by atoms with Gasteiger partial charge in [-0.15, -0.1) is 0 Å². The van der Waals surface area contributed by atoms with Crippen LogP contribution in [0, 0.1) is 5.92 Å². The Bertz CT molecular complexity index is 394. The number of hydrogen-bond acceptors (Lipinski definition) is 4. The molecular formula is C13H22N4O. The molecule has 1 aromatic rings. The zero-order chi connectivity index (χ0) is 13.5. The van der Waals surface area contributed by atoms with Gasteiger partial charge in [-0.2, -0.15) is 0 Å². The van der Waals surface area contributed by atoms with Crippen molar-refractivity contribution in [1.29, 1.82) is 0 Å². The number of carbonyl (C=O) groups excluding carboxylic acids is 1. The molecule has 0 bridgehead atoms. The lowest BCUT2D eigenvalue weighted by atomic mass is 10.0. The van der Waals surface area contributed by atoms with Gasteiger partial charge in [0.05, 0.1) is 5.56 Å². The summed E-state index contributed by atoms with van der Waals surface area (Å²) in [4.78, 5) is 16.1. The van der Waals surface area contributed by atoms with Crippen LogP contribution in [0.15, 0.2) is 18.3 Å². The minimum Gasteiger partial charge on any atom is -0.349 e. The van der Waals surface area contributed by atoms with Crippen LogP contribution >= 0.6 is 0 Å². The number of hydrazine groups is 1. The summed E-state index contributed by atoms with van der Waals surface area (Å²) >= 11 is 0. The molecule has 18 heavy (non-hydrogen) atoms. The second-order valence-corrected chi connectivity index (χ2v) is 4.67. The SMILES string of the molecule is CCC(C)CC(C)NC(=O)c1cccnc1NN. The molecule has 1 heterocycles. The highest BCUT2D eigenvalue weighted by Gasteiger charge is 2.15. The Balaban J connectivity index is 2.64. The predicted octanol–water partition coefficient (Wildman–Crippen LogP) is 1.92. The van der Waals surface area contributed by atoms with E-state index in [1.54, 1.807) is 18.3 Å². The highest BCUT2D eigenvalue weighted by Crippen LogP contribution is 2.12. The first-order chi connectivity index (χ1) is 8.58. The molecule has 0 aliphatic rings. The molecule has 2 atom stereocenters. The number of nitrogens with zero attached hydrogens (tertiary/aromatic N) is 1. The van der Waals surface area contributed by atoms with Crippen LogP contribution in [0.2, 0.25) is 0 Å². The molecule has 0 saturated heterocycles. The molecule has 0 radical (unpaired) electrons. The maximum absolute atomic E-state index is 12.1. The second-order valence-electron chi connectivity index (χ2n) is 4.67. The highest BCUT2D eigenvalue weighted by molar-refractivity contribution is 5.98. The van der Waals surface area contributed by atoms with E-state index in [2.05, 4.69) is 29.6 Å². The van der Waals surface area contributed by atoms with Crippen LogP contribution < -0.4 is 16.6 Å². The maximum atomic E-state index is 12.1. The second kappa shape index (κ2) is 6.96. The highest BCUT2D eigenvalue weighted by atomic mass is 16.1. The Morgan fingerprint density at radius 3 is 2.83 bits per heavy atom. The third-order valence-electron chi connectivity index (χ3n) is 3.02. The summed E-state index contributed by atoms with van der Waals surface area (Å²) in [5.74, 6) is 6.18. The quantitative estimate of drug-likeness (QED) is 0.532. The number of rotatable bonds is 6. The molecule has 0 aliphatic heterocycles. The summed E-state index contributed by atoms with van der Waals surface area (Å²) in [5, 5.41) is 2.96. The van der Waals surface area contributed by atoms with Gasteiger partial charge in [0.25, 0.3) is 5.91 Å². The summed E-state index contributed by atoms with van der Waals surface area (Å²) in [6, 6.07) is 3.56. The van der Waals surface area contributed by atoms with Crippen molar-refractivity contribution in [2.75, 3.05) is 5.43 Å². The van der Waals surface area contributed by atoms with Gasteiger partial charge in [0.1, 0.15) is 0 Å². The van der Waals surface area contributed by atoms with Gasteiger partial charge in [-0.3, -0.25) is 4.79 Å². The van der Waals surface area contributed by atoms with Gasteiger partial charge in [0, 0.05) is 12.2 Å². The van der Waals surface area contributed by atoms with Crippen LogP contribution in [0.4, 0.5) is 5.82 Å². The van der Waals surface area contributed by atoms with Crippen molar-refractivity contribution in [1.82, 2.24) is 10.3 Å². The van der Waals surface area contributed by atoms with E-state index in [1.165, 1.54) is 0 Å². The fourth-order valence-electron chi connectivity index (χ4n) is 1.83. The van der Waals surface area contributed by atoms with Gasteiger partial charge in [-0.25, -0.2) is 10.8 Å². The molecule has 0 aromatic carbocycles. The molecule has 4 N–H and O–H groups in total. The van der Waals surface area contributed by atoms with E-state index >= 15 is 0 Å². The number of hydrogen-bond donors (Lipinski definition) is 3. The molecule has 0 fully saturated rings. The Morgan fingerprint density at radius 1 is 1.50 bits per heavy atom. The topological polar surface area (TPSA) is 80.0 Å². The minimum atomic E-state index is -0.146. The fourth-order valence-corrected chi connectivity index (χ4v) is 1.83. The summed E-state index contributed by atoms with van der Waals surface area (Å²) in [5.41, 5.74) is 2.90. The Labute approximate surface area is 108 Å². The van der Waals surface area contributed by atoms with E-state index in [0.717, 1.165) is 12.8 Å². The van der Waals surface area contributed by atoms with Crippen molar-refractivity contribution in [3.8, 4) is 0 Å². The molecule has 0 aliphatic carbocycles. The first-order valence-corrected chi connectivity index (χ1v) is 6.31. The van der Waals surface area contributed by atoms with Crippen molar-refractivity contribution >= 4 is 11.7 Å². The standard InChI is InChI=1S/C13H22N4O/c1-4-9(2)8-10(3)16-13(18)11-6-5-7-15-12(11)17-14/h5-7,9-10H,4,8,14H2,1-3H3,(H,15,17)(H,16,18). The average molecular weight is 250 g/mol. The van der Waals surface area contributed by atoms with Crippen LogP contribution in [0.3, 0.4) is 0 Å². The average Bonchev–Trinajstić information content (AvgIpc) is 2.38. The lowest BCUT2D eigenvalue weighted by molar-refractivity contribution is 0.0936. The van der Waals surface area contributed by atoms with Crippen LogP contribution in [0.25, 0.3) is 0 Å². The molecule has 2 unspecified atom stereocenters. The van der Waals surface area contributed by atoms with E-state index in [9.17, 15) is 4.79 Å². The summed E-state index contributed by atoms with van der Waals surface area (Å²) < 4.78 is 0. The van der Waals surface area contributed by atoms with Crippen LogP contribution in [-0.4, -0.2) is 16.9 Å². The largest absolute Gasteiger partial charge is 0.349 e. The third kappa shape index (κ3) is 4.00. The van der Waals surface area contributed by atoms with E-state index < -0.39 is 0 Å². The van der Waals surface area contributed by atoms with Gasteiger partial charge < -0.3 is 10.7 Å². The first-order valence-electron chi connectivity index (χ1n) is 6.31.